The number of rotatable bonds is 2. The number of hydrogen-bond donors (Lipinski definition) is 1. The van der Waals surface area contributed by atoms with Crippen LogP contribution in [-0.2, 0) is 7.05 Å². The van der Waals surface area contributed by atoms with Gasteiger partial charge in [0.05, 0.1) is 17.6 Å². The summed E-state index contributed by atoms with van der Waals surface area (Å²) < 4.78 is 2.07. The SMILES string of the molecule is Cc1ncc(-c2nccnc2[C@@H]2CCCNC2)n1C. The van der Waals surface area contributed by atoms with Gasteiger partial charge in [-0.2, -0.15) is 0 Å². The first-order chi connectivity index (χ1) is 9.27. The van der Waals surface area contributed by atoms with E-state index in [9.17, 15) is 0 Å². The third kappa shape index (κ3) is 2.26. The summed E-state index contributed by atoms with van der Waals surface area (Å²) in [7, 11) is 2.02. The van der Waals surface area contributed by atoms with Crippen molar-refractivity contribution in [2.45, 2.75) is 25.7 Å². The predicted molar refractivity (Wildman–Crippen MR) is 73.8 cm³/mol. The van der Waals surface area contributed by atoms with Crippen molar-refractivity contribution in [3.8, 4) is 11.4 Å². The zero-order valence-corrected chi connectivity index (χ0v) is 11.4. The van der Waals surface area contributed by atoms with Crippen LogP contribution in [0.3, 0.4) is 0 Å². The van der Waals surface area contributed by atoms with Gasteiger partial charge in [-0.25, -0.2) is 4.98 Å². The highest BCUT2D eigenvalue weighted by atomic mass is 15.1. The average Bonchev–Trinajstić information content (AvgIpc) is 2.80. The number of imidazole rings is 1. The molecule has 1 fully saturated rings. The zero-order chi connectivity index (χ0) is 13.2. The van der Waals surface area contributed by atoms with E-state index in [1.165, 1.54) is 12.8 Å². The molecule has 5 nitrogen and oxygen atoms in total. The molecular weight excluding hydrogens is 238 g/mol. The minimum atomic E-state index is 0.452. The van der Waals surface area contributed by atoms with E-state index < -0.39 is 0 Å². The van der Waals surface area contributed by atoms with E-state index in [-0.39, 0.29) is 0 Å². The van der Waals surface area contributed by atoms with E-state index in [1.54, 1.807) is 12.4 Å². The Morgan fingerprint density at radius 1 is 1.26 bits per heavy atom. The Morgan fingerprint density at radius 2 is 2.11 bits per heavy atom. The van der Waals surface area contributed by atoms with Gasteiger partial charge < -0.3 is 9.88 Å². The molecule has 1 aliphatic rings. The van der Waals surface area contributed by atoms with Crippen LogP contribution in [0.2, 0.25) is 0 Å². The van der Waals surface area contributed by atoms with Crippen LogP contribution in [0, 0.1) is 6.92 Å². The fourth-order valence-corrected chi connectivity index (χ4v) is 2.65. The summed E-state index contributed by atoms with van der Waals surface area (Å²) >= 11 is 0. The molecule has 0 amide bonds. The van der Waals surface area contributed by atoms with Crippen LogP contribution in [0.15, 0.2) is 18.6 Å². The minimum absolute atomic E-state index is 0.452. The van der Waals surface area contributed by atoms with Gasteiger partial charge in [0.1, 0.15) is 11.5 Å². The molecule has 0 saturated carbocycles. The molecule has 2 aromatic rings. The zero-order valence-electron chi connectivity index (χ0n) is 11.4. The van der Waals surface area contributed by atoms with Crippen LogP contribution in [-0.4, -0.2) is 32.6 Å². The van der Waals surface area contributed by atoms with Gasteiger partial charge in [-0.1, -0.05) is 0 Å². The molecule has 1 N–H and O–H groups in total. The van der Waals surface area contributed by atoms with Gasteiger partial charge in [-0.15, -0.1) is 0 Å². The minimum Gasteiger partial charge on any atom is -0.330 e. The lowest BCUT2D eigenvalue weighted by Crippen LogP contribution is -2.29. The van der Waals surface area contributed by atoms with Crippen molar-refractivity contribution in [2.24, 2.45) is 7.05 Å². The fraction of sp³-hybridized carbons (Fsp3) is 0.500. The van der Waals surface area contributed by atoms with E-state index in [0.29, 0.717) is 5.92 Å². The highest BCUT2D eigenvalue weighted by molar-refractivity contribution is 5.58. The summed E-state index contributed by atoms with van der Waals surface area (Å²) in [6, 6.07) is 0. The number of aryl methyl sites for hydroxylation is 1. The van der Waals surface area contributed by atoms with E-state index in [4.69, 9.17) is 0 Å². The van der Waals surface area contributed by atoms with Crippen molar-refractivity contribution in [3.63, 3.8) is 0 Å². The Morgan fingerprint density at radius 3 is 2.79 bits per heavy atom. The molecule has 1 atom stereocenters. The lowest BCUT2D eigenvalue weighted by molar-refractivity contribution is 0.454. The number of hydrogen-bond acceptors (Lipinski definition) is 4. The van der Waals surface area contributed by atoms with Gasteiger partial charge in [0.15, 0.2) is 0 Å². The third-order valence-electron chi connectivity index (χ3n) is 3.87. The predicted octanol–water partition coefficient (Wildman–Crippen LogP) is 1.65. The number of nitrogens with one attached hydrogen (secondary N) is 1. The molecule has 19 heavy (non-hydrogen) atoms. The molecule has 3 rings (SSSR count). The van der Waals surface area contributed by atoms with Gasteiger partial charge in [0.2, 0.25) is 0 Å². The highest BCUT2D eigenvalue weighted by Crippen LogP contribution is 2.29. The van der Waals surface area contributed by atoms with Crippen molar-refractivity contribution in [3.05, 3.63) is 30.1 Å². The molecule has 0 aromatic carbocycles. The molecule has 5 heteroatoms. The summed E-state index contributed by atoms with van der Waals surface area (Å²) in [6.07, 6.45) is 7.81. The van der Waals surface area contributed by atoms with Crippen LogP contribution in [0.4, 0.5) is 0 Å². The van der Waals surface area contributed by atoms with Crippen LogP contribution in [0.25, 0.3) is 11.4 Å². The van der Waals surface area contributed by atoms with Gasteiger partial charge in [0, 0.05) is 31.9 Å². The van der Waals surface area contributed by atoms with Crippen molar-refractivity contribution < 1.29 is 0 Å². The normalized spacial score (nSPS) is 19.6. The van der Waals surface area contributed by atoms with E-state index in [1.807, 2.05) is 20.2 Å². The first-order valence-corrected chi connectivity index (χ1v) is 6.77. The molecule has 100 valence electrons. The molecule has 1 saturated heterocycles. The molecule has 0 aliphatic carbocycles. The Balaban J connectivity index is 2.04. The Bertz CT molecular complexity index is 569. The molecule has 1 aliphatic heterocycles. The van der Waals surface area contributed by atoms with Crippen LogP contribution in [0.5, 0.6) is 0 Å². The highest BCUT2D eigenvalue weighted by Gasteiger charge is 2.22. The van der Waals surface area contributed by atoms with Crippen molar-refractivity contribution in [2.75, 3.05) is 13.1 Å². The molecule has 0 spiro atoms. The largest absolute Gasteiger partial charge is 0.330 e. The van der Waals surface area contributed by atoms with Crippen LogP contribution < -0.4 is 5.32 Å². The second-order valence-corrected chi connectivity index (χ2v) is 5.08. The maximum Gasteiger partial charge on any atom is 0.110 e. The van der Waals surface area contributed by atoms with Crippen molar-refractivity contribution >= 4 is 0 Å². The summed E-state index contributed by atoms with van der Waals surface area (Å²) in [5, 5.41) is 3.44. The smallest absolute Gasteiger partial charge is 0.110 e. The second-order valence-electron chi connectivity index (χ2n) is 5.08. The molecule has 0 radical (unpaired) electrons. The standard InChI is InChI=1S/C14H19N5/c1-10-18-9-12(19(10)2)14-13(16-6-7-17-14)11-4-3-5-15-8-11/h6-7,9,11,15H,3-5,8H2,1-2H3/t11-/m1/s1. The summed E-state index contributed by atoms with van der Waals surface area (Å²) in [5.74, 6) is 1.45. The monoisotopic (exact) mass is 257 g/mol. The molecule has 3 heterocycles. The quantitative estimate of drug-likeness (QED) is 0.889. The summed E-state index contributed by atoms with van der Waals surface area (Å²) in [6.45, 7) is 4.10. The maximum absolute atomic E-state index is 4.59. The first kappa shape index (κ1) is 12.3. The number of piperidine rings is 1. The lowest BCUT2D eigenvalue weighted by Gasteiger charge is -2.23. The van der Waals surface area contributed by atoms with Crippen LogP contribution >= 0.6 is 0 Å². The molecule has 0 bridgehead atoms. The number of nitrogens with zero attached hydrogens (tertiary/aromatic N) is 4. The fourth-order valence-electron chi connectivity index (χ4n) is 2.65. The molecule has 0 unspecified atom stereocenters. The molecular formula is C14H19N5. The van der Waals surface area contributed by atoms with Gasteiger partial charge in [-0.05, 0) is 26.3 Å². The Labute approximate surface area is 113 Å². The summed E-state index contributed by atoms with van der Waals surface area (Å²) in [5.41, 5.74) is 3.11. The van der Waals surface area contributed by atoms with Gasteiger partial charge in [-0.3, -0.25) is 9.97 Å². The Hall–Kier alpha value is -1.75. The van der Waals surface area contributed by atoms with E-state index >= 15 is 0 Å². The van der Waals surface area contributed by atoms with Crippen LogP contribution in [0.1, 0.15) is 30.3 Å². The first-order valence-electron chi connectivity index (χ1n) is 6.77. The average molecular weight is 257 g/mol. The second kappa shape index (κ2) is 5.09. The van der Waals surface area contributed by atoms with E-state index in [0.717, 1.165) is 36.0 Å². The summed E-state index contributed by atoms with van der Waals surface area (Å²) in [4.78, 5) is 13.5. The topological polar surface area (TPSA) is 55.6 Å². The van der Waals surface area contributed by atoms with Gasteiger partial charge in [0.25, 0.3) is 0 Å². The van der Waals surface area contributed by atoms with Gasteiger partial charge >= 0.3 is 0 Å². The maximum atomic E-state index is 4.59. The third-order valence-corrected chi connectivity index (χ3v) is 3.87. The Kier molecular flexibility index (Phi) is 3.29. The number of aromatic nitrogens is 4. The van der Waals surface area contributed by atoms with E-state index in [2.05, 4.69) is 24.8 Å². The van der Waals surface area contributed by atoms with Crippen molar-refractivity contribution in [1.29, 1.82) is 0 Å². The molecule has 2 aromatic heterocycles. The lowest BCUT2D eigenvalue weighted by atomic mass is 9.94. The van der Waals surface area contributed by atoms with Crippen molar-refractivity contribution in [1.82, 2.24) is 24.8 Å².